The smallest absolute Gasteiger partial charge is 0.317 e. The van der Waals surface area contributed by atoms with E-state index in [9.17, 15) is 24.6 Å². The highest BCUT2D eigenvalue weighted by molar-refractivity contribution is 5.94. The number of nitrogens with one attached hydrogen (secondary N) is 3. The number of aromatic hydroxyl groups is 1. The Balaban J connectivity index is 0.848. The Kier molecular flexibility index (Phi) is 14.3. The van der Waals surface area contributed by atoms with E-state index in [4.69, 9.17) is 9.47 Å². The van der Waals surface area contributed by atoms with Gasteiger partial charge in [-0.25, -0.2) is 0 Å². The van der Waals surface area contributed by atoms with Crippen molar-refractivity contribution >= 4 is 22.8 Å². The molecule has 0 bridgehead atoms. The number of rotatable bonds is 17. The van der Waals surface area contributed by atoms with E-state index < -0.39 is 12.0 Å². The Bertz CT molecular complexity index is 2780. The summed E-state index contributed by atoms with van der Waals surface area (Å²) in [6.45, 7) is 3.92. The van der Waals surface area contributed by atoms with E-state index in [0.29, 0.717) is 52.7 Å². The maximum Gasteiger partial charge on any atom is 0.317 e. The van der Waals surface area contributed by atoms with Crippen molar-refractivity contribution in [1.82, 2.24) is 30.5 Å². The van der Waals surface area contributed by atoms with Crippen LogP contribution in [0.1, 0.15) is 68.7 Å². The highest BCUT2D eigenvalue weighted by Gasteiger charge is 2.27. The molecule has 0 spiro atoms. The van der Waals surface area contributed by atoms with Gasteiger partial charge in [0, 0.05) is 47.8 Å². The Morgan fingerprint density at radius 1 is 0.846 bits per heavy atom. The van der Waals surface area contributed by atoms with Crippen molar-refractivity contribution < 1.29 is 29.3 Å². The maximum atomic E-state index is 13.9. The first-order valence-corrected chi connectivity index (χ1v) is 21.8. The van der Waals surface area contributed by atoms with Crippen LogP contribution in [0.3, 0.4) is 0 Å². The first-order chi connectivity index (χ1) is 31.7. The van der Waals surface area contributed by atoms with Crippen molar-refractivity contribution in [2.24, 2.45) is 5.92 Å². The molecule has 3 heterocycles. The number of aromatic nitrogens is 3. The molecule has 0 radical (unpaired) electrons. The Labute approximate surface area is 377 Å². The number of hydrogen-bond acceptors (Lipinski definition) is 11. The average molecular weight is 873 g/mol. The number of pyridine rings is 1. The fraction of sp³-hybridized carbons (Fsp3) is 0.250. The topological polar surface area (TPSA) is 179 Å². The summed E-state index contributed by atoms with van der Waals surface area (Å²) in [5.74, 6) is -0.475. The number of aromatic amines is 1. The molecule has 0 aliphatic carbocycles. The van der Waals surface area contributed by atoms with E-state index in [1.54, 1.807) is 42.7 Å². The SMILES string of the molecule is COc1cc(C(=O)NCc2cnc(-c3cccc(C(C(=O)OCC4CCN(Cc5ccccc5)CC4)c4ccccc4)c3)cn2)ccc1CNCC(O)c1ccc(O)c2[nH]c(=O)ccc12. The van der Waals surface area contributed by atoms with Crippen LogP contribution in [0.5, 0.6) is 11.5 Å². The molecule has 65 heavy (non-hydrogen) atoms. The van der Waals surface area contributed by atoms with Gasteiger partial charge in [-0.15, -0.1) is 0 Å². The zero-order valence-electron chi connectivity index (χ0n) is 36.2. The van der Waals surface area contributed by atoms with Crippen molar-refractivity contribution in [3.63, 3.8) is 0 Å². The van der Waals surface area contributed by atoms with E-state index >= 15 is 0 Å². The number of carbonyl (C=O) groups is 2. The number of piperidine rings is 1. The normalized spacial score (nSPS) is 14.1. The number of H-pyrrole nitrogens is 1. The van der Waals surface area contributed by atoms with Gasteiger partial charge in [0.15, 0.2) is 0 Å². The average Bonchev–Trinajstić information content (AvgIpc) is 3.34. The highest BCUT2D eigenvalue weighted by atomic mass is 16.5. The molecule has 5 aromatic carbocycles. The summed E-state index contributed by atoms with van der Waals surface area (Å²) in [5, 5.41) is 27.8. The number of aliphatic hydroxyl groups excluding tert-OH is 1. The van der Waals surface area contributed by atoms with Gasteiger partial charge in [-0.3, -0.25) is 29.3 Å². The molecule has 0 saturated carbocycles. The lowest BCUT2D eigenvalue weighted by atomic mass is 9.90. The third kappa shape index (κ3) is 11.1. The predicted octanol–water partition coefficient (Wildman–Crippen LogP) is 7.04. The number of phenolic OH excluding ortho intramolecular Hbond substituents is 1. The minimum absolute atomic E-state index is 0.0782. The van der Waals surface area contributed by atoms with Gasteiger partial charge in [-0.1, -0.05) is 91.0 Å². The van der Waals surface area contributed by atoms with Crippen molar-refractivity contribution in [1.29, 1.82) is 0 Å². The number of carbonyl (C=O) groups excluding carboxylic acids is 2. The van der Waals surface area contributed by atoms with Crippen LogP contribution in [-0.2, 0) is 29.2 Å². The monoisotopic (exact) mass is 872 g/mol. The lowest BCUT2D eigenvalue weighted by Gasteiger charge is -2.32. The third-order valence-corrected chi connectivity index (χ3v) is 11.9. The van der Waals surface area contributed by atoms with Crippen LogP contribution in [0.4, 0.5) is 0 Å². The second kappa shape index (κ2) is 21.0. The summed E-state index contributed by atoms with van der Waals surface area (Å²) in [4.78, 5) is 53.2. The molecule has 13 nitrogen and oxygen atoms in total. The molecule has 2 atom stereocenters. The van der Waals surface area contributed by atoms with Crippen LogP contribution in [-0.4, -0.2) is 75.3 Å². The summed E-state index contributed by atoms with van der Waals surface area (Å²) in [5.41, 5.74) is 6.58. The van der Waals surface area contributed by atoms with Crippen LogP contribution in [0.15, 0.2) is 145 Å². The van der Waals surface area contributed by atoms with Crippen LogP contribution in [0.25, 0.3) is 22.2 Å². The van der Waals surface area contributed by atoms with Crippen LogP contribution in [0, 0.1) is 5.92 Å². The van der Waals surface area contributed by atoms with Crippen molar-refractivity contribution in [2.75, 3.05) is 33.4 Å². The molecule has 1 fully saturated rings. The molecule has 1 amide bonds. The van der Waals surface area contributed by atoms with Crippen molar-refractivity contribution in [3.8, 4) is 22.8 Å². The molecule has 8 rings (SSSR count). The lowest BCUT2D eigenvalue weighted by molar-refractivity contribution is -0.146. The summed E-state index contributed by atoms with van der Waals surface area (Å²) in [6.07, 6.45) is 4.32. The number of methoxy groups -OCH3 is 1. The van der Waals surface area contributed by atoms with E-state index in [0.717, 1.165) is 54.7 Å². The molecule has 332 valence electrons. The molecule has 2 unspecified atom stereocenters. The number of nitrogens with zero attached hydrogens (tertiary/aromatic N) is 3. The van der Waals surface area contributed by atoms with Gasteiger partial charge in [-0.05, 0) is 84.4 Å². The fourth-order valence-corrected chi connectivity index (χ4v) is 8.33. The summed E-state index contributed by atoms with van der Waals surface area (Å²) >= 11 is 0. The number of benzene rings is 5. The molecule has 5 N–H and O–H groups in total. The number of aliphatic hydroxyl groups is 1. The largest absolute Gasteiger partial charge is 0.506 e. The third-order valence-electron chi connectivity index (χ3n) is 11.9. The van der Waals surface area contributed by atoms with Gasteiger partial charge in [0.2, 0.25) is 5.56 Å². The van der Waals surface area contributed by atoms with E-state index in [-0.39, 0.29) is 41.8 Å². The first-order valence-electron chi connectivity index (χ1n) is 21.8. The summed E-state index contributed by atoms with van der Waals surface area (Å²) in [6, 6.07) is 39.1. The van der Waals surface area contributed by atoms with Gasteiger partial charge in [-0.2, -0.15) is 0 Å². The summed E-state index contributed by atoms with van der Waals surface area (Å²) in [7, 11) is 1.53. The molecule has 1 saturated heterocycles. The Hall–Kier alpha value is -7.19. The first kappa shape index (κ1) is 44.4. The van der Waals surface area contributed by atoms with Gasteiger partial charge < -0.3 is 35.3 Å². The second-order valence-electron chi connectivity index (χ2n) is 16.3. The number of fused-ring (bicyclic) bond motifs is 1. The minimum atomic E-state index is -0.931. The zero-order chi connectivity index (χ0) is 45.1. The standard InChI is InChI=1S/C52H52N6O7/c1-64-47-26-39(15-16-40(47)27-53-31-46(60)42-17-19-45(59)50-43(42)18-20-48(61)57-50)51(62)56-29-41-28-55-44(30-54-41)37-13-8-14-38(25-37)49(36-11-6-3-7-12-36)52(63)65-33-35-21-23-58(24-22-35)32-34-9-4-2-5-10-34/h2-20,25-26,28,30,35,46,49,53,59-60H,21-24,27,29,31-33H2,1H3,(H,56,62)(H,57,61). The Morgan fingerprint density at radius 3 is 2.37 bits per heavy atom. The van der Waals surface area contributed by atoms with Crippen LogP contribution < -0.4 is 20.9 Å². The van der Waals surface area contributed by atoms with E-state index in [1.807, 2.05) is 60.7 Å². The second-order valence-corrected chi connectivity index (χ2v) is 16.3. The van der Waals surface area contributed by atoms with Crippen LogP contribution in [0.2, 0.25) is 0 Å². The molecular formula is C52H52N6O7. The minimum Gasteiger partial charge on any atom is -0.506 e. The number of phenols is 1. The number of likely N-dealkylation sites (tertiary alicyclic amines) is 1. The Morgan fingerprint density at radius 2 is 1.62 bits per heavy atom. The maximum absolute atomic E-state index is 13.9. The van der Waals surface area contributed by atoms with Crippen molar-refractivity contribution in [3.05, 3.63) is 189 Å². The van der Waals surface area contributed by atoms with E-state index in [2.05, 4.69) is 54.8 Å². The summed E-state index contributed by atoms with van der Waals surface area (Å²) < 4.78 is 11.7. The molecule has 1 aliphatic rings. The number of esters is 1. The molecule has 1 aliphatic heterocycles. The predicted molar refractivity (Wildman–Crippen MR) is 248 cm³/mol. The number of hydrogen-bond donors (Lipinski definition) is 5. The number of amides is 1. The molecule has 13 heteroatoms. The molecule has 7 aromatic rings. The number of ether oxygens (including phenoxy) is 2. The molecular weight excluding hydrogens is 821 g/mol. The van der Waals surface area contributed by atoms with Gasteiger partial charge in [0.25, 0.3) is 5.91 Å². The van der Waals surface area contributed by atoms with Gasteiger partial charge in [0.05, 0.1) is 55.7 Å². The molecule has 2 aromatic heterocycles. The highest BCUT2D eigenvalue weighted by Crippen LogP contribution is 2.31. The van der Waals surface area contributed by atoms with Gasteiger partial charge >= 0.3 is 5.97 Å². The van der Waals surface area contributed by atoms with Crippen LogP contribution >= 0.6 is 0 Å². The lowest BCUT2D eigenvalue weighted by Crippen LogP contribution is -2.35. The zero-order valence-corrected chi connectivity index (χ0v) is 36.2. The van der Waals surface area contributed by atoms with Gasteiger partial charge in [0.1, 0.15) is 17.4 Å². The fourth-order valence-electron chi connectivity index (χ4n) is 8.33. The quantitative estimate of drug-likeness (QED) is 0.0593. The van der Waals surface area contributed by atoms with Crippen molar-refractivity contribution in [2.45, 2.75) is 44.5 Å². The van der Waals surface area contributed by atoms with E-state index in [1.165, 1.54) is 24.8 Å².